The molecule has 0 spiro atoms. The van der Waals surface area contributed by atoms with Gasteiger partial charge in [-0.2, -0.15) is 0 Å². The van der Waals surface area contributed by atoms with E-state index in [0.29, 0.717) is 12.5 Å². The van der Waals surface area contributed by atoms with Crippen LogP contribution in [-0.4, -0.2) is 49.5 Å². The van der Waals surface area contributed by atoms with Gasteiger partial charge in [0.25, 0.3) is 0 Å². The molecule has 0 saturated carbocycles. The average molecular weight is 116 g/mol. The Balaban J connectivity index is -0.0000000267. The predicted octanol–water partition coefficient (Wildman–Crippen LogP) is 0.479. The average Bonchev–Trinajstić information content (AvgIpc) is 1.38. The maximum absolute atomic E-state index is 8.14. The molecule has 0 atom stereocenters. The Morgan fingerprint density at radius 1 is 1.67 bits per heavy atom. The zero-order chi connectivity index (χ0) is 4.28. The van der Waals surface area contributed by atoms with Crippen LogP contribution in [0.15, 0.2) is 0 Å². The molecule has 0 aliphatic carbocycles. The van der Waals surface area contributed by atoms with Crippen molar-refractivity contribution in [2.45, 2.75) is 13.8 Å². The van der Waals surface area contributed by atoms with E-state index in [1.807, 2.05) is 13.8 Å². The molecule has 0 aromatic rings. The van der Waals surface area contributed by atoms with Gasteiger partial charge in [-0.3, -0.25) is 0 Å². The van der Waals surface area contributed by atoms with Crippen molar-refractivity contribution in [3.8, 4) is 0 Å². The van der Waals surface area contributed by atoms with Gasteiger partial charge in [0, 0.05) is 6.61 Å². The molecule has 2 heteroatoms. The van der Waals surface area contributed by atoms with Crippen molar-refractivity contribution in [3.05, 3.63) is 0 Å². The fraction of sp³-hybridized carbons (Fsp3) is 1.00. The summed E-state index contributed by atoms with van der Waals surface area (Å²) in [6.45, 7) is 4.25. The quantitative estimate of drug-likeness (QED) is 0.494. The van der Waals surface area contributed by atoms with E-state index in [1.165, 1.54) is 0 Å². The Morgan fingerprint density at radius 2 is 1.83 bits per heavy atom. The van der Waals surface area contributed by atoms with Gasteiger partial charge in [-0.15, -0.1) is 0 Å². The molecule has 0 fully saturated rings. The van der Waals surface area contributed by atoms with Gasteiger partial charge >= 0.3 is 37.7 Å². The first-order valence-electron chi connectivity index (χ1n) is 1.88. The summed E-state index contributed by atoms with van der Waals surface area (Å²) in [5.74, 6) is 0.440. The standard InChI is InChI=1S/C4H10O.Ca.2H/c1-4(2)3-5;;;/h4-5H,3H2,1-2H3;;;/q;+2;2*-1. The van der Waals surface area contributed by atoms with Crippen LogP contribution in [0.5, 0.6) is 0 Å². The molecule has 0 radical (unpaired) electrons. The van der Waals surface area contributed by atoms with Crippen LogP contribution in [-0.2, 0) is 0 Å². The van der Waals surface area contributed by atoms with Crippen LogP contribution in [0.2, 0.25) is 0 Å². The van der Waals surface area contributed by atoms with E-state index in [1.54, 1.807) is 0 Å². The largest absolute Gasteiger partial charge is 2.00 e. The number of rotatable bonds is 1. The van der Waals surface area contributed by atoms with Gasteiger partial charge in [0.2, 0.25) is 0 Å². The summed E-state index contributed by atoms with van der Waals surface area (Å²) in [5, 5.41) is 8.14. The normalized spacial score (nSPS) is 8.00. The summed E-state index contributed by atoms with van der Waals surface area (Å²) >= 11 is 0. The zero-order valence-corrected chi connectivity index (χ0v) is 6.65. The molecule has 0 aromatic carbocycles. The van der Waals surface area contributed by atoms with E-state index in [-0.39, 0.29) is 40.6 Å². The van der Waals surface area contributed by atoms with Gasteiger partial charge in [0.15, 0.2) is 0 Å². The van der Waals surface area contributed by atoms with Gasteiger partial charge in [-0.1, -0.05) is 13.8 Å². The number of hydrogen-bond donors (Lipinski definition) is 1. The predicted molar refractivity (Wildman–Crippen MR) is 29.9 cm³/mol. The van der Waals surface area contributed by atoms with Gasteiger partial charge in [0.05, 0.1) is 0 Å². The van der Waals surface area contributed by atoms with Crippen LogP contribution in [0.4, 0.5) is 0 Å². The molecule has 1 N–H and O–H groups in total. The monoisotopic (exact) mass is 116 g/mol. The molecule has 0 heterocycles. The van der Waals surface area contributed by atoms with Crippen LogP contribution in [0.3, 0.4) is 0 Å². The Labute approximate surface area is 71.7 Å². The third kappa shape index (κ3) is 8.97. The van der Waals surface area contributed by atoms with E-state index in [4.69, 9.17) is 5.11 Å². The molecule has 6 heavy (non-hydrogen) atoms. The fourth-order valence-corrected chi connectivity index (χ4v) is 0. The second-order valence-electron chi connectivity index (χ2n) is 1.58. The fourth-order valence-electron chi connectivity index (χ4n) is 0. The van der Waals surface area contributed by atoms with E-state index < -0.39 is 0 Å². The van der Waals surface area contributed by atoms with E-state index in [0.717, 1.165) is 0 Å². The number of aliphatic hydroxyl groups excluding tert-OH is 1. The second kappa shape index (κ2) is 6.22. The summed E-state index contributed by atoms with van der Waals surface area (Å²) < 4.78 is 0. The number of aliphatic hydroxyl groups is 1. The van der Waals surface area contributed by atoms with Crippen LogP contribution < -0.4 is 0 Å². The second-order valence-corrected chi connectivity index (χ2v) is 1.58. The van der Waals surface area contributed by atoms with Crippen LogP contribution >= 0.6 is 0 Å². The summed E-state index contributed by atoms with van der Waals surface area (Å²) in [6.07, 6.45) is 0. The Hall–Kier alpha value is 1.22. The molecule has 0 aromatic heterocycles. The third-order valence-electron chi connectivity index (χ3n) is 0.365. The molecule has 0 aliphatic heterocycles. The maximum atomic E-state index is 8.14. The summed E-state index contributed by atoms with van der Waals surface area (Å²) in [6, 6.07) is 0. The van der Waals surface area contributed by atoms with Crippen molar-refractivity contribution in [1.82, 2.24) is 0 Å². The van der Waals surface area contributed by atoms with E-state index >= 15 is 0 Å². The van der Waals surface area contributed by atoms with Crippen LogP contribution in [0.25, 0.3) is 0 Å². The van der Waals surface area contributed by atoms with Gasteiger partial charge in [-0.05, 0) is 5.92 Å². The first-order valence-corrected chi connectivity index (χ1v) is 1.88. The van der Waals surface area contributed by atoms with Crippen molar-refractivity contribution in [1.29, 1.82) is 0 Å². The molecule has 0 unspecified atom stereocenters. The molecular formula is C4H12CaO. The van der Waals surface area contributed by atoms with Crippen molar-refractivity contribution in [2.24, 2.45) is 5.92 Å². The van der Waals surface area contributed by atoms with Gasteiger partial charge < -0.3 is 7.96 Å². The minimum Gasteiger partial charge on any atom is -1.00 e. The molecule has 0 amide bonds. The zero-order valence-electron chi connectivity index (χ0n) is 6.44. The smallest absolute Gasteiger partial charge is 1.00 e. The van der Waals surface area contributed by atoms with E-state index in [9.17, 15) is 0 Å². The molecule has 36 valence electrons. The molecule has 0 aliphatic rings. The van der Waals surface area contributed by atoms with Crippen LogP contribution in [0.1, 0.15) is 16.7 Å². The molecule has 1 nitrogen and oxygen atoms in total. The Kier molecular flexibility index (Phi) is 10.6. The molecule has 0 rings (SSSR count). The summed E-state index contributed by atoms with van der Waals surface area (Å²) in [4.78, 5) is 0. The first kappa shape index (κ1) is 10.3. The molecule has 0 bridgehead atoms. The SMILES string of the molecule is CC(C)CO.[Ca+2].[H-].[H-]. The van der Waals surface area contributed by atoms with E-state index in [2.05, 4.69) is 0 Å². The van der Waals surface area contributed by atoms with Crippen molar-refractivity contribution in [3.63, 3.8) is 0 Å². The van der Waals surface area contributed by atoms with Gasteiger partial charge in [0.1, 0.15) is 0 Å². The van der Waals surface area contributed by atoms with Crippen molar-refractivity contribution in [2.75, 3.05) is 6.61 Å². The number of hydrogen-bond acceptors (Lipinski definition) is 1. The molecular weight excluding hydrogens is 104 g/mol. The van der Waals surface area contributed by atoms with Crippen molar-refractivity contribution >= 4 is 37.7 Å². The Bertz CT molecular complexity index is 28.0. The van der Waals surface area contributed by atoms with Crippen LogP contribution in [0, 0.1) is 5.92 Å². The molecule has 0 saturated heterocycles. The van der Waals surface area contributed by atoms with Gasteiger partial charge in [-0.25, -0.2) is 0 Å². The minimum atomic E-state index is 0. The Morgan fingerprint density at radius 3 is 1.83 bits per heavy atom. The maximum Gasteiger partial charge on any atom is 2.00 e. The first-order chi connectivity index (χ1) is 2.27. The topological polar surface area (TPSA) is 20.2 Å². The van der Waals surface area contributed by atoms with Crippen molar-refractivity contribution < 1.29 is 7.96 Å². The third-order valence-corrected chi connectivity index (χ3v) is 0.365. The minimum absolute atomic E-state index is 0. The summed E-state index contributed by atoms with van der Waals surface area (Å²) in [7, 11) is 0. The summed E-state index contributed by atoms with van der Waals surface area (Å²) in [5.41, 5.74) is 0.